The Labute approximate surface area is 103 Å². The number of ether oxygens (including phenoxy) is 1. The number of ketones is 1. The second-order valence-corrected chi connectivity index (χ2v) is 4.62. The lowest BCUT2D eigenvalue weighted by atomic mass is 9.87. The maximum atomic E-state index is 12.6. The highest BCUT2D eigenvalue weighted by Crippen LogP contribution is 2.36. The topological polar surface area (TPSA) is 26.3 Å². The summed E-state index contributed by atoms with van der Waals surface area (Å²) in [6, 6.07) is 4.97. The Morgan fingerprint density at radius 1 is 1.33 bits per heavy atom. The summed E-state index contributed by atoms with van der Waals surface area (Å²) in [4.78, 5) is 11.4. The summed E-state index contributed by atoms with van der Waals surface area (Å²) >= 11 is 0. The largest absolute Gasteiger partial charge is 0.416 e. The molecule has 2 nitrogen and oxygen atoms in total. The summed E-state index contributed by atoms with van der Waals surface area (Å²) in [6.07, 6.45) is -3.94. The Morgan fingerprint density at radius 3 is 2.67 bits per heavy atom. The van der Waals surface area contributed by atoms with Crippen molar-refractivity contribution >= 4 is 5.78 Å². The number of hydrogen-bond acceptors (Lipinski definition) is 2. The Bertz CT molecular complexity index is 468. The molecule has 1 atom stereocenters. The number of carbonyl (C=O) groups excluding carboxylic acids is 1. The van der Waals surface area contributed by atoms with Gasteiger partial charge < -0.3 is 4.74 Å². The van der Waals surface area contributed by atoms with Crippen molar-refractivity contribution in [1.82, 2.24) is 0 Å². The number of hydrogen-bond donors (Lipinski definition) is 0. The predicted molar refractivity (Wildman–Crippen MR) is 59.0 cm³/mol. The van der Waals surface area contributed by atoms with Crippen molar-refractivity contribution < 1.29 is 22.7 Å². The molecule has 0 saturated carbocycles. The van der Waals surface area contributed by atoms with Gasteiger partial charge in [0.15, 0.2) is 0 Å². The van der Waals surface area contributed by atoms with Gasteiger partial charge in [-0.25, -0.2) is 0 Å². The smallest absolute Gasteiger partial charge is 0.370 e. The molecule has 1 aromatic carbocycles. The van der Waals surface area contributed by atoms with E-state index >= 15 is 0 Å². The van der Waals surface area contributed by atoms with Crippen molar-refractivity contribution in [2.45, 2.75) is 31.5 Å². The van der Waals surface area contributed by atoms with E-state index in [0.29, 0.717) is 12.0 Å². The first-order valence-electron chi connectivity index (χ1n) is 5.65. The molecule has 1 fully saturated rings. The van der Waals surface area contributed by atoms with Gasteiger partial charge in [-0.05, 0) is 24.6 Å². The van der Waals surface area contributed by atoms with E-state index in [1.807, 2.05) is 0 Å². The summed E-state index contributed by atoms with van der Waals surface area (Å²) in [6.45, 7) is 1.91. The van der Waals surface area contributed by atoms with Crippen LogP contribution in [-0.2, 0) is 21.3 Å². The van der Waals surface area contributed by atoms with E-state index < -0.39 is 17.3 Å². The standard InChI is InChI=1S/C13H13F3O2/c1-12(8-11(17)5-6-18-12)9-3-2-4-10(7-9)13(14,15)16/h2-4,7H,5-6,8H2,1H3. The number of carbonyl (C=O) groups is 1. The van der Waals surface area contributed by atoms with Crippen LogP contribution in [0.25, 0.3) is 0 Å². The third kappa shape index (κ3) is 2.56. The van der Waals surface area contributed by atoms with Gasteiger partial charge in [-0.2, -0.15) is 13.2 Å². The highest BCUT2D eigenvalue weighted by Gasteiger charge is 2.36. The molecule has 0 aromatic heterocycles. The second-order valence-electron chi connectivity index (χ2n) is 4.62. The fourth-order valence-corrected chi connectivity index (χ4v) is 2.12. The van der Waals surface area contributed by atoms with Crippen LogP contribution in [0, 0.1) is 0 Å². The van der Waals surface area contributed by atoms with Crippen molar-refractivity contribution in [2.24, 2.45) is 0 Å². The fourth-order valence-electron chi connectivity index (χ4n) is 2.12. The quantitative estimate of drug-likeness (QED) is 0.772. The average molecular weight is 258 g/mol. The molecule has 18 heavy (non-hydrogen) atoms. The van der Waals surface area contributed by atoms with Gasteiger partial charge >= 0.3 is 6.18 Å². The van der Waals surface area contributed by atoms with E-state index in [9.17, 15) is 18.0 Å². The minimum absolute atomic E-state index is 0.0150. The van der Waals surface area contributed by atoms with Crippen LogP contribution in [0.15, 0.2) is 24.3 Å². The number of rotatable bonds is 1. The van der Waals surface area contributed by atoms with Gasteiger partial charge in [0.25, 0.3) is 0 Å². The molecule has 0 amide bonds. The third-order valence-electron chi connectivity index (χ3n) is 3.14. The lowest BCUT2D eigenvalue weighted by Crippen LogP contribution is -2.35. The normalized spacial score (nSPS) is 25.2. The average Bonchev–Trinajstić information content (AvgIpc) is 2.28. The minimum Gasteiger partial charge on any atom is -0.370 e. The molecule has 0 radical (unpaired) electrons. The molecular formula is C13H13F3O2. The lowest BCUT2D eigenvalue weighted by molar-refractivity contribution is -0.139. The monoisotopic (exact) mass is 258 g/mol. The Morgan fingerprint density at radius 2 is 2.06 bits per heavy atom. The molecule has 5 heteroatoms. The molecule has 0 N–H and O–H groups in total. The number of benzene rings is 1. The van der Waals surface area contributed by atoms with E-state index in [-0.39, 0.29) is 18.8 Å². The maximum Gasteiger partial charge on any atom is 0.416 e. The van der Waals surface area contributed by atoms with Crippen LogP contribution in [-0.4, -0.2) is 12.4 Å². The lowest BCUT2D eigenvalue weighted by Gasteiger charge is -2.33. The van der Waals surface area contributed by atoms with Crippen LogP contribution in [0.1, 0.15) is 30.9 Å². The van der Waals surface area contributed by atoms with Crippen LogP contribution in [0.4, 0.5) is 13.2 Å². The van der Waals surface area contributed by atoms with Crippen LogP contribution in [0.2, 0.25) is 0 Å². The third-order valence-corrected chi connectivity index (χ3v) is 3.14. The van der Waals surface area contributed by atoms with Gasteiger partial charge in [0.05, 0.1) is 17.8 Å². The summed E-state index contributed by atoms with van der Waals surface area (Å²) in [5.74, 6) is 0.0150. The van der Waals surface area contributed by atoms with Crippen LogP contribution >= 0.6 is 0 Å². The molecule has 0 spiro atoms. The molecular weight excluding hydrogens is 245 g/mol. The SMILES string of the molecule is CC1(c2cccc(C(F)(F)F)c2)CC(=O)CCO1. The molecule has 1 aliphatic rings. The molecule has 0 aliphatic carbocycles. The van der Waals surface area contributed by atoms with Crippen molar-refractivity contribution in [3.8, 4) is 0 Å². The minimum atomic E-state index is -4.38. The van der Waals surface area contributed by atoms with Gasteiger partial charge in [-0.15, -0.1) is 0 Å². The number of halogens is 3. The molecule has 1 aliphatic heterocycles. The summed E-state index contributed by atoms with van der Waals surface area (Å²) in [5, 5.41) is 0. The molecule has 1 aromatic rings. The molecule has 1 heterocycles. The van der Waals surface area contributed by atoms with E-state index in [2.05, 4.69) is 0 Å². The fraction of sp³-hybridized carbons (Fsp3) is 0.462. The highest BCUT2D eigenvalue weighted by atomic mass is 19.4. The first kappa shape index (κ1) is 13.1. The first-order valence-corrected chi connectivity index (χ1v) is 5.65. The van der Waals surface area contributed by atoms with Crippen molar-refractivity contribution in [3.05, 3.63) is 35.4 Å². The van der Waals surface area contributed by atoms with E-state index in [1.165, 1.54) is 6.07 Å². The zero-order valence-corrected chi connectivity index (χ0v) is 9.88. The molecule has 1 saturated heterocycles. The number of alkyl halides is 3. The Kier molecular flexibility index (Phi) is 3.19. The molecule has 2 rings (SSSR count). The highest BCUT2D eigenvalue weighted by molar-refractivity contribution is 5.80. The molecule has 1 unspecified atom stereocenters. The first-order chi connectivity index (χ1) is 8.31. The van der Waals surface area contributed by atoms with E-state index in [0.717, 1.165) is 12.1 Å². The zero-order valence-electron chi connectivity index (χ0n) is 9.88. The van der Waals surface area contributed by atoms with Crippen molar-refractivity contribution in [1.29, 1.82) is 0 Å². The van der Waals surface area contributed by atoms with Crippen LogP contribution in [0.5, 0.6) is 0 Å². The summed E-state index contributed by atoms with van der Waals surface area (Å²) in [5.41, 5.74) is -1.27. The predicted octanol–water partition coefficient (Wildman–Crippen LogP) is 3.30. The van der Waals surface area contributed by atoms with Gasteiger partial charge in [0, 0.05) is 12.8 Å². The summed E-state index contributed by atoms with van der Waals surface area (Å²) < 4.78 is 43.4. The summed E-state index contributed by atoms with van der Waals surface area (Å²) in [7, 11) is 0. The van der Waals surface area contributed by atoms with Gasteiger partial charge in [-0.3, -0.25) is 4.79 Å². The van der Waals surface area contributed by atoms with Gasteiger partial charge in [0.1, 0.15) is 5.78 Å². The van der Waals surface area contributed by atoms with E-state index in [1.54, 1.807) is 13.0 Å². The van der Waals surface area contributed by atoms with Crippen molar-refractivity contribution in [2.75, 3.05) is 6.61 Å². The zero-order chi connectivity index (χ0) is 13.4. The van der Waals surface area contributed by atoms with Gasteiger partial charge in [0.2, 0.25) is 0 Å². The van der Waals surface area contributed by atoms with Gasteiger partial charge in [-0.1, -0.05) is 12.1 Å². The number of Topliss-reactive ketones (excluding diaryl/α,β-unsaturated/α-hetero) is 1. The molecule has 0 bridgehead atoms. The Balaban J connectivity index is 2.36. The van der Waals surface area contributed by atoms with Crippen LogP contribution in [0.3, 0.4) is 0 Å². The second kappa shape index (κ2) is 4.39. The molecule has 98 valence electrons. The van der Waals surface area contributed by atoms with Crippen LogP contribution < -0.4 is 0 Å². The van der Waals surface area contributed by atoms with Crippen molar-refractivity contribution in [3.63, 3.8) is 0 Å². The Hall–Kier alpha value is -1.36. The maximum absolute atomic E-state index is 12.6. The van der Waals surface area contributed by atoms with E-state index in [4.69, 9.17) is 4.74 Å².